The lowest BCUT2D eigenvalue weighted by Crippen LogP contribution is -2.25. The molecule has 2 aliphatic rings. The van der Waals surface area contributed by atoms with Crippen molar-refractivity contribution in [2.24, 2.45) is 5.10 Å². The van der Waals surface area contributed by atoms with Crippen LogP contribution in [0.1, 0.15) is 10.4 Å². The van der Waals surface area contributed by atoms with E-state index < -0.39 is 5.97 Å². The standard InChI is InChI=1S/C17H12N2O2S.C3H7NO/c20-17(21)13-7-4-8-19-15(13)16-12(10-18-19)9-14(22-16)11-5-2-1-3-6-11;1-4(2)3-5/h1-7,9-10H,8H2,(H,20,21);3H,1-2H3. The molecule has 27 heavy (non-hydrogen) atoms. The van der Waals surface area contributed by atoms with Gasteiger partial charge < -0.3 is 10.0 Å². The predicted molar refractivity (Wildman–Crippen MR) is 108 cm³/mol. The van der Waals surface area contributed by atoms with Gasteiger partial charge in [0.2, 0.25) is 6.41 Å². The summed E-state index contributed by atoms with van der Waals surface area (Å²) in [6.07, 6.45) is 6.04. The first-order valence-electron chi connectivity index (χ1n) is 8.28. The Balaban J connectivity index is 0.000000376. The molecule has 3 heterocycles. The monoisotopic (exact) mass is 381 g/mol. The fourth-order valence-corrected chi connectivity index (χ4v) is 3.86. The molecule has 0 unspecified atom stereocenters. The Morgan fingerprint density at radius 1 is 1.30 bits per heavy atom. The number of rotatable bonds is 3. The summed E-state index contributed by atoms with van der Waals surface area (Å²) in [6, 6.07) is 12.2. The smallest absolute Gasteiger partial charge is 0.337 e. The maximum Gasteiger partial charge on any atom is 0.337 e. The van der Waals surface area contributed by atoms with Gasteiger partial charge in [0.15, 0.2) is 0 Å². The average Bonchev–Trinajstić information content (AvgIpc) is 3.13. The van der Waals surface area contributed by atoms with E-state index in [4.69, 9.17) is 0 Å². The number of aliphatic carboxylic acids is 1. The zero-order valence-electron chi connectivity index (χ0n) is 15.0. The van der Waals surface area contributed by atoms with E-state index in [1.807, 2.05) is 24.3 Å². The molecule has 0 fully saturated rings. The van der Waals surface area contributed by atoms with Crippen LogP contribution in [0.25, 0.3) is 16.1 Å². The molecular formula is C20H19N3O3S. The van der Waals surface area contributed by atoms with Crippen molar-refractivity contribution in [3.05, 3.63) is 64.6 Å². The number of fused-ring (bicyclic) bond motifs is 3. The highest BCUT2D eigenvalue weighted by molar-refractivity contribution is 7.17. The molecule has 0 saturated carbocycles. The first kappa shape index (κ1) is 18.6. The summed E-state index contributed by atoms with van der Waals surface area (Å²) in [5.41, 5.74) is 3.10. The number of benzene rings is 1. The molecule has 0 spiro atoms. The van der Waals surface area contributed by atoms with Gasteiger partial charge in [0.25, 0.3) is 0 Å². The molecule has 0 bridgehead atoms. The van der Waals surface area contributed by atoms with Gasteiger partial charge in [-0.1, -0.05) is 36.4 Å². The van der Waals surface area contributed by atoms with Gasteiger partial charge in [0, 0.05) is 24.5 Å². The number of carbonyl (C=O) groups is 2. The van der Waals surface area contributed by atoms with Gasteiger partial charge in [-0.2, -0.15) is 5.10 Å². The Kier molecular flexibility index (Phi) is 5.52. The first-order valence-corrected chi connectivity index (χ1v) is 9.10. The molecule has 0 saturated heterocycles. The highest BCUT2D eigenvalue weighted by atomic mass is 32.1. The summed E-state index contributed by atoms with van der Waals surface area (Å²) in [4.78, 5) is 24.5. The average molecular weight is 381 g/mol. The molecule has 0 atom stereocenters. The normalized spacial score (nSPS) is 14.1. The summed E-state index contributed by atoms with van der Waals surface area (Å²) < 4.78 is 0. The molecule has 0 radical (unpaired) electrons. The maximum atomic E-state index is 11.5. The molecule has 7 heteroatoms. The fourth-order valence-electron chi connectivity index (χ4n) is 2.66. The maximum absolute atomic E-state index is 11.5. The molecule has 0 aliphatic carbocycles. The van der Waals surface area contributed by atoms with Gasteiger partial charge in [0.1, 0.15) is 0 Å². The largest absolute Gasteiger partial charge is 0.478 e. The molecule has 1 aromatic heterocycles. The second kappa shape index (κ2) is 8.01. The van der Waals surface area contributed by atoms with E-state index in [0.717, 1.165) is 27.3 Å². The molecule has 1 aromatic carbocycles. The molecule has 2 aromatic rings. The van der Waals surface area contributed by atoms with E-state index in [2.05, 4.69) is 23.3 Å². The van der Waals surface area contributed by atoms with Crippen LogP contribution in [0.4, 0.5) is 0 Å². The first-order chi connectivity index (χ1) is 13.0. The second-order valence-corrected chi connectivity index (χ2v) is 7.18. The third-order valence-corrected chi connectivity index (χ3v) is 5.09. The number of hydrazone groups is 1. The summed E-state index contributed by atoms with van der Waals surface area (Å²) in [5, 5.41) is 15.6. The third-order valence-electron chi connectivity index (χ3n) is 3.89. The Labute approximate surface area is 161 Å². The number of hydrogen-bond acceptors (Lipinski definition) is 5. The molecule has 6 nitrogen and oxygen atoms in total. The third kappa shape index (κ3) is 3.98. The van der Waals surface area contributed by atoms with Crippen LogP contribution in [-0.4, -0.2) is 54.2 Å². The Morgan fingerprint density at radius 3 is 2.63 bits per heavy atom. The highest BCUT2D eigenvalue weighted by Crippen LogP contribution is 2.40. The number of carbonyl (C=O) groups excluding carboxylic acids is 1. The number of nitrogens with zero attached hydrogens (tertiary/aromatic N) is 3. The van der Waals surface area contributed by atoms with Gasteiger partial charge in [0.05, 0.1) is 28.9 Å². The minimum atomic E-state index is -0.923. The SMILES string of the molecule is CN(C)C=O.O=C(O)C1=C2c3sc(-c4ccccc4)cc3C=NN2CC=C1. The van der Waals surface area contributed by atoms with Crippen LogP contribution in [0.5, 0.6) is 0 Å². The zero-order valence-corrected chi connectivity index (χ0v) is 15.8. The van der Waals surface area contributed by atoms with E-state index in [1.54, 1.807) is 42.7 Å². The van der Waals surface area contributed by atoms with Gasteiger partial charge in [-0.3, -0.25) is 9.80 Å². The van der Waals surface area contributed by atoms with Gasteiger partial charge >= 0.3 is 5.97 Å². The molecule has 1 N–H and O–H groups in total. The van der Waals surface area contributed by atoms with E-state index in [9.17, 15) is 14.7 Å². The van der Waals surface area contributed by atoms with Crippen molar-refractivity contribution in [3.63, 3.8) is 0 Å². The van der Waals surface area contributed by atoms with Crippen LogP contribution >= 0.6 is 11.3 Å². The Morgan fingerprint density at radius 2 is 2.00 bits per heavy atom. The topological polar surface area (TPSA) is 73.2 Å². The van der Waals surface area contributed by atoms with Crippen molar-refractivity contribution in [2.45, 2.75) is 0 Å². The Bertz CT molecular complexity index is 943. The van der Waals surface area contributed by atoms with E-state index in [0.29, 0.717) is 17.8 Å². The van der Waals surface area contributed by atoms with E-state index in [-0.39, 0.29) is 0 Å². The minimum Gasteiger partial charge on any atom is -0.478 e. The lowest BCUT2D eigenvalue weighted by molar-refractivity contribution is -0.132. The predicted octanol–water partition coefficient (Wildman–Crippen LogP) is 3.13. The Hall–Kier alpha value is -3.19. The summed E-state index contributed by atoms with van der Waals surface area (Å²) >= 11 is 1.61. The molecule has 138 valence electrons. The highest BCUT2D eigenvalue weighted by Gasteiger charge is 2.28. The molecule has 4 rings (SSSR count). The van der Waals surface area contributed by atoms with Crippen molar-refractivity contribution in [1.29, 1.82) is 0 Å². The van der Waals surface area contributed by atoms with E-state index >= 15 is 0 Å². The van der Waals surface area contributed by atoms with Crippen LogP contribution in [-0.2, 0) is 9.59 Å². The van der Waals surface area contributed by atoms with Crippen LogP contribution in [0.2, 0.25) is 0 Å². The molecule has 2 aliphatic heterocycles. The summed E-state index contributed by atoms with van der Waals surface area (Å²) in [6.45, 7) is 0.598. The quantitative estimate of drug-likeness (QED) is 0.829. The van der Waals surface area contributed by atoms with Gasteiger partial charge in [-0.05, 0) is 17.7 Å². The van der Waals surface area contributed by atoms with Crippen LogP contribution < -0.4 is 0 Å². The van der Waals surface area contributed by atoms with Crippen LogP contribution in [0.15, 0.2) is 59.2 Å². The lowest BCUT2D eigenvalue weighted by atomic mass is 10.0. The number of thiophene rings is 1. The van der Waals surface area contributed by atoms with Crippen molar-refractivity contribution in [1.82, 2.24) is 9.91 Å². The van der Waals surface area contributed by atoms with E-state index in [1.165, 1.54) is 4.90 Å². The number of carboxylic acids is 1. The van der Waals surface area contributed by atoms with Crippen molar-refractivity contribution in [2.75, 3.05) is 20.6 Å². The van der Waals surface area contributed by atoms with Crippen LogP contribution in [0.3, 0.4) is 0 Å². The van der Waals surface area contributed by atoms with Crippen molar-refractivity contribution >= 4 is 35.6 Å². The van der Waals surface area contributed by atoms with Crippen molar-refractivity contribution in [3.8, 4) is 10.4 Å². The van der Waals surface area contributed by atoms with Gasteiger partial charge in [-0.25, -0.2) is 4.79 Å². The zero-order chi connectivity index (χ0) is 19.4. The lowest BCUT2D eigenvalue weighted by Gasteiger charge is -2.27. The number of hydrogen-bond donors (Lipinski definition) is 1. The minimum absolute atomic E-state index is 0.297. The number of carboxylic acid groups (broad SMARTS) is 1. The number of amides is 1. The molecule has 1 amide bonds. The fraction of sp³-hybridized carbons (Fsp3) is 0.150. The summed E-state index contributed by atoms with van der Waals surface area (Å²) in [5.74, 6) is -0.923. The summed E-state index contributed by atoms with van der Waals surface area (Å²) in [7, 11) is 3.38. The van der Waals surface area contributed by atoms with Gasteiger partial charge in [-0.15, -0.1) is 11.3 Å². The molecular weight excluding hydrogens is 362 g/mol. The van der Waals surface area contributed by atoms with Crippen molar-refractivity contribution < 1.29 is 14.7 Å². The second-order valence-electron chi connectivity index (χ2n) is 6.13. The van der Waals surface area contributed by atoms with Crippen LogP contribution in [0, 0.1) is 0 Å².